The Morgan fingerprint density at radius 1 is 1.14 bits per heavy atom. The van der Waals surface area contributed by atoms with E-state index in [9.17, 15) is 8.42 Å². The molecule has 1 fully saturated rings. The third kappa shape index (κ3) is 5.12. The largest absolute Gasteiger partial charge is 0.354 e. The Balaban J connectivity index is 1.36. The van der Waals surface area contributed by atoms with Gasteiger partial charge in [-0.25, -0.2) is 18.4 Å². The molecule has 1 atom stereocenters. The van der Waals surface area contributed by atoms with Crippen molar-refractivity contribution in [3.8, 4) is 0 Å². The second-order valence-electron chi connectivity index (χ2n) is 9.11. The molecule has 2 N–H and O–H groups in total. The van der Waals surface area contributed by atoms with E-state index in [1.165, 1.54) is 10.6 Å². The predicted molar refractivity (Wildman–Crippen MR) is 144 cm³/mol. The Kier molecular flexibility index (Phi) is 6.50. The average molecular weight is 507 g/mol. The van der Waals surface area contributed by atoms with E-state index in [1.54, 1.807) is 19.4 Å². The van der Waals surface area contributed by atoms with E-state index < -0.39 is 10.0 Å². The number of nitrogens with one attached hydrogen (secondary N) is 2. The van der Waals surface area contributed by atoms with Gasteiger partial charge < -0.3 is 20.1 Å². The fraction of sp³-hybridized carbons (Fsp3) is 0.320. The van der Waals surface area contributed by atoms with Gasteiger partial charge in [-0.1, -0.05) is 18.2 Å². The number of sulfonamides is 1. The number of hydrogen-bond acceptors (Lipinski definition) is 8. The first-order valence-electron chi connectivity index (χ1n) is 11.8. The minimum Gasteiger partial charge on any atom is -0.354 e. The molecule has 0 amide bonds. The minimum absolute atomic E-state index is 0.438. The van der Waals surface area contributed by atoms with Crippen LogP contribution in [0.3, 0.4) is 0 Å². The molecule has 11 heteroatoms. The van der Waals surface area contributed by atoms with E-state index in [1.807, 2.05) is 53.2 Å². The van der Waals surface area contributed by atoms with Crippen LogP contribution in [0, 0.1) is 0 Å². The lowest BCUT2D eigenvalue weighted by Gasteiger charge is -2.32. The van der Waals surface area contributed by atoms with E-state index >= 15 is 0 Å². The van der Waals surface area contributed by atoms with Gasteiger partial charge in [0, 0.05) is 50.5 Å². The Morgan fingerprint density at radius 3 is 2.72 bits per heavy atom. The Morgan fingerprint density at radius 2 is 1.97 bits per heavy atom. The summed E-state index contributed by atoms with van der Waals surface area (Å²) in [6.45, 7) is 5.46. The van der Waals surface area contributed by atoms with Gasteiger partial charge >= 0.3 is 0 Å². The topological polar surface area (TPSA) is 108 Å². The van der Waals surface area contributed by atoms with Gasteiger partial charge in [-0.15, -0.1) is 0 Å². The van der Waals surface area contributed by atoms with Gasteiger partial charge in [-0.2, -0.15) is 4.98 Å². The van der Waals surface area contributed by atoms with Crippen LogP contribution in [0.2, 0.25) is 0 Å². The molecule has 0 bridgehead atoms. The van der Waals surface area contributed by atoms with E-state index in [4.69, 9.17) is 4.98 Å². The molecule has 0 saturated carbocycles. The lowest BCUT2D eigenvalue weighted by molar-refractivity contribution is 0.482. The average Bonchev–Trinajstić information content (AvgIpc) is 3.26. The van der Waals surface area contributed by atoms with Crippen molar-refractivity contribution in [2.75, 3.05) is 47.5 Å². The van der Waals surface area contributed by atoms with Crippen LogP contribution in [-0.2, 0) is 16.6 Å². The third-order valence-electron chi connectivity index (χ3n) is 6.37. The number of nitrogens with zero attached hydrogens (tertiary/aromatic N) is 6. The predicted octanol–water partition coefficient (Wildman–Crippen LogP) is 2.81. The summed E-state index contributed by atoms with van der Waals surface area (Å²) in [6, 6.07) is 13.9. The van der Waals surface area contributed by atoms with Crippen LogP contribution in [0.5, 0.6) is 0 Å². The fourth-order valence-electron chi connectivity index (χ4n) is 4.39. The van der Waals surface area contributed by atoms with Gasteiger partial charge in [0.25, 0.3) is 0 Å². The van der Waals surface area contributed by atoms with E-state index in [0.717, 1.165) is 47.7 Å². The molecule has 3 aromatic heterocycles. The minimum atomic E-state index is -3.38. The van der Waals surface area contributed by atoms with Gasteiger partial charge in [-0.05, 0) is 36.8 Å². The molecule has 0 unspecified atom stereocenters. The van der Waals surface area contributed by atoms with Gasteiger partial charge in [0.15, 0.2) is 0 Å². The molecule has 1 aliphatic heterocycles. The molecular weight excluding hydrogens is 476 g/mol. The maximum absolute atomic E-state index is 12.1. The number of hydrogen-bond donors (Lipinski definition) is 2. The molecule has 0 radical (unpaired) electrons. The molecule has 1 saturated heterocycles. The summed E-state index contributed by atoms with van der Waals surface area (Å²) < 4.78 is 27.5. The van der Waals surface area contributed by atoms with Gasteiger partial charge in [-0.3, -0.25) is 4.31 Å². The highest BCUT2D eigenvalue weighted by Gasteiger charge is 2.18. The van der Waals surface area contributed by atoms with Gasteiger partial charge in [0.2, 0.25) is 16.0 Å². The van der Waals surface area contributed by atoms with Crippen molar-refractivity contribution < 1.29 is 8.42 Å². The number of pyridine rings is 1. The van der Waals surface area contributed by atoms with Crippen LogP contribution >= 0.6 is 0 Å². The molecule has 1 aliphatic rings. The summed E-state index contributed by atoms with van der Waals surface area (Å²) in [5.74, 6) is 1.42. The second-order valence-corrected chi connectivity index (χ2v) is 11.1. The molecule has 188 valence electrons. The molecule has 36 heavy (non-hydrogen) atoms. The highest BCUT2D eigenvalue weighted by atomic mass is 32.2. The number of aromatic nitrogens is 4. The van der Waals surface area contributed by atoms with Crippen molar-refractivity contribution in [2.24, 2.45) is 0 Å². The summed E-state index contributed by atoms with van der Waals surface area (Å²) in [5.41, 5.74) is 3.07. The van der Waals surface area contributed by atoms with E-state index in [-0.39, 0.29) is 0 Å². The zero-order valence-corrected chi connectivity index (χ0v) is 21.4. The smallest absolute Gasteiger partial charge is 0.232 e. The number of rotatable bonds is 7. The molecule has 4 aromatic rings. The van der Waals surface area contributed by atoms with Crippen LogP contribution in [-0.4, -0.2) is 66.9 Å². The maximum Gasteiger partial charge on any atom is 0.232 e. The summed E-state index contributed by atoms with van der Waals surface area (Å²) in [6.07, 6.45) is 6.71. The number of benzene rings is 1. The molecule has 0 spiro atoms. The standard InChI is InChI=1S/C25H30N8O2S/c1-18-16-32(13-11-26-18)23-9-8-21(15-27-23)29-25-28-14-19-10-12-33(24(19)30-25)17-20-6-4-5-7-22(20)31(2)36(3,34)35/h4-10,12,14-15,18,26H,11,13,16-17H2,1-3H3,(H,28,29,30)/t18-/m1/s1. The molecule has 0 aliphatic carbocycles. The van der Waals surface area contributed by atoms with Crippen LogP contribution in [0.4, 0.5) is 23.1 Å². The van der Waals surface area contributed by atoms with Crippen molar-refractivity contribution >= 4 is 44.2 Å². The first-order valence-corrected chi connectivity index (χ1v) is 13.7. The van der Waals surface area contributed by atoms with Crippen LogP contribution in [0.25, 0.3) is 11.0 Å². The number of para-hydroxylation sites is 1. The first-order chi connectivity index (χ1) is 17.3. The first kappa shape index (κ1) is 24.0. The highest BCUT2D eigenvalue weighted by Crippen LogP contribution is 2.25. The summed E-state index contributed by atoms with van der Waals surface area (Å²) in [4.78, 5) is 16.1. The normalized spacial score (nSPS) is 16.3. The lowest BCUT2D eigenvalue weighted by Crippen LogP contribution is -2.49. The Labute approximate surface area is 211 Å². The van der Waals surface area contributed by atoms with Crippen molar-refractivity contribution in [1.82, 2.24) is 24.8 Å². The van der Waals surface area contributed by atoms with Crippen molar-refractivity contribution in [3.63, 3.8) is 0 Å². The number of anilines is 4. The lowest BCUT2D eigenvalue weighted by atomic mass is 10.2. The van der Waals surface area contributed by atoms with Crippen molar-refractivity contribution in [3.05, 3.63) is 66.6 Å². The SMILES string of the molecule is C[C@@H]1CN(c2ccc(Nc3ncc4ccn(Cc5ccccc5N(C)S(C)(=O)=O)c4n3)cn2)CCN1. The molecule has 10 nitrogen and oxygen atoms in total. The molecule has 1 aromatic carbocycles. The van der Waals surface area contributed by atoms with Gasteiger partial charge in [0.05, 0.1) is 30.4 Å². The van der Waals surface area contributed by atoms with E-state index in [2.05, 4.69) is 32.4 Å². The van der Waals surface area contributed by atoms with Crippen LogP contribution in [0.1, 0.15) is 12.5 Å². The third-order valence-corrected chi connectivity index (χ3v) is 7.56. The van der Waals surface area contributed by atoms with Crippen LogP contribution in [0.15, 0.2) is 61.1 Å². The summed E-state index contributed by atoms with van der Waals surface area (Å²) >= 11 is 0. The van der Waals surface area contributed by atoms with Crippen LogP contribution < -0.4 is 19.8 Å². The zero-order valence-electron chi connectivity index (χ0n) is 20.6. The number of fused-ring (bicyclic) bond motifs is 1. The Bertz CT molecular complexity index is 1470. The Hall–Kier alpha value is -3.70. The molecule has 5 rings (SSSR count). The maximum atomic E-state index is 12.1. The van der Waals surface area contributed by atoms with Crippen molar-refractivity contribution in [2.45, 2.75) is 19.5 Å². The number of piperazine rings is 1. The monoisotopic (exact) mass is 506 g/mol. The van der Waals surface area contributed by atoms with Crippen molar-refractivity contribution in [1.29, 1.82) is 0 Å². The molecular formula is C25H30N8O2S. The quantitative estimate of drug-likeness (QED) is 0.394. The van der Waals surface area contributed by atoms with E-state index in [0.29, 0.717) is 24.2 Å². The summed E-state index contributed by atoms with van der Waals surface area (Å²) in [7, 11) is -1.81. The molecule has 4 heterocycles. The second kappa shape index (κ2) is 9.75. The fourth-order valence-corrected chi connectivity index (χ4v) is 4.92. The summed E-state index contributed by atoms with van der Waals surface area (Å²) in [5, 5.41) is 7.59. The zero-order chi connectivity index (χ0) is 25.3. The van der Waals surface area contributed by atoms with Gasteiger partial charge in [0.1, 0.15) is 11.5 Å². The highest BCUT2D eigenvalue weighted by molar-refractivity contribution is 7.92.